The summed E-state index contributed by atoms with van der Waals surface area (Å²) in [6, 6.07) is 0. The van der Waals surface area contributed by atoms with Crippen LogP contribution in [-0.2, 0) is 99.6 Å². The molecule has 44 heteroatoms. The highest BCUT2D eigenvalue weighted by Crippen LogP contribution is 2.76. The lowest BCUT2D eigenvalue weighted by atomic mass is 9.33. The zero-order chi connectivity index (χ0) is 101. The van der Waals surface area contributed by atoms with Crippen LogP contribution < -0.4 is 0 Å². The number of aliphatic hydroxyl groups excluding tert-OH is 21. The van der Waals surface area contributed by atoms with Gasteiger partial charge in [-0.15, -0.1) is 13.2 Å². The van der Waals surface area contributed by atoms with Crippen molar-refractivity contribution >= 4 is 17.9 Å². The van der Waals surface area contributed by atoms with Crippen molar-refractivity contribution in [3.05, 3.63) is 60.3 Å². The molecule has 0 spiro atoms. The molecular weight excluding hydrogens is 1830 g/mol. The standard InChI is InChI=1S/C94H148O44/c1-14-89(9,119)24-16-18-42(32-95)76(116)132-72-56(102)40(3)127-84(75(72)133-77(117)43(33-96)19-17-25-90(10,120)15-2)126-39-51-61(107)63(109)74(137-81-68(114)64(110)70(41(4)128-81)134-80-69(115)71(49(100)37-123-80)135-78-65(111)57(103)46(97)34-121-78)85(130-51)138-86(118)94-29-28-87(5,6)30-45(94)44-20-21-53-91(11)26-23-55(88(7,8)52(91)22-27-92(53,12)93(44,13)31-54(94)101)131-82-67(113)62(108)60(106)50(129-82)38-125-83-73(59(105)48(99)36-124-83)136-79-66(112)58(104)47(98)35-122-79/h14-15,18-20,40-41,45-75,78-85,95-115,119-120H,1-2,16-17,21-39H2,3-13H3/b42-18+,43-19+/t40-,41-,45-,46-,47-,48-,49-,50-,51+,52-,53-,54-,55-,56-,57+,58+,59+,60-,61+,62+,63-,64-,65-,66-,67-,68-,69-,70-,71+,72+,73-,74+,75-,78+,79+,80+,81+,82+,83+,84-,85-,89+,90+,91+,92-,93+,94-/m0/s1. The summed E-state index contributed by atoms with van der Waals surface area (Å²) in [6.07, 6.45) is -56.4. The monoisotopic (exact) mass is 1980 g/mol. The van der Waals surface area contributed by atoms with Crippen LogP contribution in [0.2, 0.25) is 0 Å². The molecule has 0 aromatic carbocycles. The van der Waals surface area contributed by atoms with Crippen molar-refractivity contribution in [3.63, 3.8) is 0 Å². The molecule has 8 heterocycles. The SMILES string of the molecule is C=C[C@@](C)(O)CC/C=C(\CO)C(=O)O[C@@H]1[C@@H](OC[C@H]2O[C@@H](OC(=O)[C@@]34CCC(C)(C)C[C@H]3C3=CC[C@H]5[C@]6(C)CC[C@H](O[C@H]7O[C@@H](CO[C@H]8OC[C@H](O)[C@@H](O)[C@@H]8O[C@H]8OC[C@H](O)[C@@H](O)[C@@H]8O)[C@H](O)[C@@H](O)[C@@H]7O)C(C)(C)[C@@H]6CC[C@]5(C)[C@]3(C)C[C@@H]4O)[C@H](O[C@H]3O[C@@H](C)[C@H](O[C@H]4OC[C@H](O)[C@@H](O[C@H]5OC[C@H](O)[C@@H](O)[C@@H]5O)[C@@H]4O)[C@@H](O)[C@@H]3O)[C@@H](O)[C@@H]2O)O[C@@H](C)[C@H](O)[C@H]1OC(=O)/C(=C/CC[C@](C)(O)C=C)CO. The summed E-state index contributed by atoms with van der Waals surface area (Å²) in [5.41, 5.74) is -7.72. The Kier molecular flexibility index (Phi) is 35.3. The second kappa shape index (κ2) is 43.9. The molecular formula is C94H148O44. The second-order valence-corrected chi connectivity index (χ2v) is 42.6. The minimum atomic E-state index is -2.31. The van der Waals surface area contributed by atoms with Gasteiger partial charge in [-0.3, -0.25) is 4.79 Å². The van der Waals surface area contributed by atoms with Crippen LogP contribution in [-0.4, -0.2) is 433 Å². The van der Waals surface area contributed by atoms with Gasteiger partial charge in [-0.1, -0.05) is 84.4 Å². The predicted molar refractivity (Wildman–Crippen MR) is 466 cm³/mol. The second-order valence-electron chi connectivity index (χ2n) is 42.6. The van der Waals surface area contributed by atoms with Gasteiger partial charge in [0.05, 0.1) is 99.6 Å². The highest BCUT2D eigenvalue weighted by molar-refractivity contribution is 5.90. The van der Waals surface area contributed by atoms with Gasteiger partial charge in [-0.05, 0) is 156 Å². The van der Waals surface area contributed by atoms with Gasteiger partial charge in [0.2, 0.25) is 6.29 Å². The minimum Gasteiger partial charge on any atom is -0.452 e. The molecule has 8 saturated heterocycles. The summed E-state index contributed by atoms with van der Waals surface area (Å²) in [6.45, 7) is 22.2. The summed E-state index contributed by atoms with van der Waals surface area (Å²) in [4.78, 5) is 45.1. The zero-order valence-corrected chi connectivity index (χ0v) is 79.7. The van der Waals surface area contributed by atoms with Crippen molar-refractivity contribution in [1.29, 1.82) is 0 Å². The molecule has 23 N–H and O–H groups in total. The molecule has 138 heavy (non-hydrogen) atoms. The summed E-state index contributed by atoms with van der Waals surface area (Å²) >= 11 is 0. The first-order valence-electron chi connectivity index (χ1n) is 47.9. The van der Waals surface area contributed by atoms with Crippen LogP contribution in [0.5, 0.6) is 0 Å². The molecule has 5 aliphatic carbocycles. The van der Waals surface area contributed by atoms with Crippen LogP contribution in [0, 0.1) is 50.2 Å². The first kappa shape index (κ1) is 111. The Bertz CT molecular complexity index is 4210. The van der Waals surface area contributed by atoms with Gasteiger partial charge in [0, 0.05) is 0 Å². The minimum absolute atomic E-state index is 0.000285. The van der Waals surface area contributed by atoms with Gasteiger partial charge in [0.15, 0.2) is 62.3 Å². The molecule has 0 aromatic rings. The molecule has 0 amide bonds. The number of fused-ring (bicyclic) bond motifs is 7. The fraction of sp³-hybridized carbons (Fsp3) is 0.862. The maximum atomic E-state index is 16.6. The van der Waals surface area contributed by atoms with Crippen LogP contribution in [0.1, 0.15) is 160 Å². The van der Waals surface area contributed by atoms with Crippen LogP contribution >= 0.6 is 0 Å². The Morgan fingerprint density at radius 2 is 0.906 bits per heavy atom. The van der Waals surface area contributed by atoms with Gasteiger partial charge >= 0.3 is 17.9 Å². The van der Waals surface area contributed by atoms with Gasteiger partial charge in [-0.2, -0.15) is 0 Å². The summed E-state index contributed by atoms with van der Waals surface area (Å²) in [5.74, 6) is -4.58. The van der Waals surface area contributed by atoms with Crippen LogP contribution in [0.4, 0.5) is 0 Å². The van der Waals surface area contributed by atoms with Crippen LogP contribution in [0.25, 0.3) is 0 Å². The smallest absolute Gasteiger partial charge is 0.336 e. The number of carbonyl (C=O) groups excluding carboxylic acids is 3. The molecule has 12 fully saturated rings. The Morgan fingerprint density at radius 1 is 0.442 bits per heavy atom. The largest absolute Gasteiger partial charge is 0.452 e. The van der Waals surface area contributed by atoms with Crippen LogP contribution in [0.3, 0.4) is 0 Å². The number of hydrogen-bond acceptors (Lipinski definition) is 44. The normalized spacial score (nSPS) is 48.0. The van der Waals surface area contributed by atoms with E-state index in [9.17, 15) is 127 Å². The third-order valence-corrected chi connectivity index (χ3v) is 32.5. The summed E-state index contributed by atoms with van der Waals surface area (Å²) < 4.78 is 109. The molecule has 788 valence electrons. The molecule has 44 nitrogen and oxygen atoms in total. The molecule has 13 aliphatic rings. The highest BCUT2D eigenvalue weighted by Gasteiger charge is 2.73. The van der Waals surface area contributed by atoms with Crippen molar-refractivity contribution in [2.45, 2.75) is 404 Å². The molecule has 13 rings (SSSR count). The van der Waals surface area contributed by atoms with Gasteiger partial charge < -0.3 is 203 Å². The lowest BCUT2D eigenvalue weighted by Crippen LogP contribution is -2.69. The van der Waals surface area contributed by atoms with Crippen molar-refractivity contribution in [1.82, 2.24) is 0 Å². The van der Waals surface area contributed by atoms with E-state index in [1.165, 1.54) is 52.0 Å². The van der Waals surface area contributed by atoms with E-state index in [1.54, 1.807) is 0 Å². The number of carbonyl (C=O) groups is 3. The van der Waals surface area contributed by atoms with E-state index in [2.05, 4.69) is 53.9 Å². The van der Waals surface area contributed by atoms with E-state index in [-0.39, 0.29) is 55.9 Å². The zero-order valence-electron chi connectivity index (χ0n) is 79.7. The summed E-state index contributed by atoms with van der Waals surface area (Å²) in [5, 5.41) is 259. The number of aliphatic hydroxyl groups is 23. The summed E-state index contributed by atoms with van der Waals surface area (Å²) in [7, 11) is 0. The van der Waals surface area contributed by atoms with Gasteiger partial charge in [0.1, 0.15) is 146 Å². The lowest BCUT2D eigenvalue weighted by molar-refractivity contribution is -0.381. The quantitative estimate of drug-likeness (QED) is 0.00988. The first-order valence-corrected chi connectivity index (χ1v) is 47.9. The average molecular weight is 1980 g/mol. The molecule has 0 radical (unpaired) electrons. The maximum Gasteiger partial charge on any atom is 0.336 e. The maximum absolute atomic E-state index is 16.6. The fourth-order valence-corrected chi connectivity index (χ4v) is 23.5. The highest BCUT2D eigenvalue weighted by atomic mass is 16.8. The number of hydrogen-bond donors (Lipinski definition) is 23. The number of ether oxygens (including phenoxy) is 18. The Balaban J connectivity index is 0.770. The first-order chi connectivity index (χ1) is 64.7. The molecule has 0 bridgehead atoms. The van der Waals surface area contributed by atoms with E-state index in [0.29, 0.717) is 44.9 Å². The molecule has 0 aromatic heterocycles. The molecule has 4 saturated carbocycles. The van der Waals surface area contributed by atoms with Crippen molar-refractivity contribution < 1.29 is 217 Å². The van der Waals surface area contributed by atoms with E-state index in [1.807, 2.05) is 13.8 Å². The van der Waals surface area contributed by atoms with E-state index < -0.39 is 359 Å². The van der Waals surface area contributed by atoms with E-state index in [0.717, 1.165) is 5.57 Å². The van der Waals surface area contributed by atoms with Crippen molar-refractivity contribution in [3.8, 4) is 0 Å². The van der Waals surface area contributed by atoms with Crippen molar-refractivity contribution in [2.24, 2.45) is 50.2 Å². The van der Waals surface area contributed by atoms with Gasteiger partial charge in [-0.25, -0.2) is 9.59 Å². The molecule has 8 aliphatic heterocycles. The number of allylic oxidation sites excluding steroid dienone is 4. The Morgan fingerprint density at radius 3 is 1.48 bits per heavy atom. The molecule has 47 atom stereocenters. The molecule has 0 unspecified atom stereocenters. The van der Waals surface area contributed by atoms with E-state index >= 15 is 4.79 Å². The predicted octanol–water partition coefficient (Wildman–Crippen LogP) is -4.78. The van der Waals surface area contributed by atoms with E-state index in [4.69, 9.17) is 85.3 Å². The third kappa shape index (κ3) is 22.1. The van der Waals surface area contributed by atoms with Crippen molar-refractivity contribution in [2.75, 3.05) is 52.9 Å². The van der Waals surface area contributed by atoms with Gasteiger partial charge in [0.25, 0.3) is 0 Å². The average Bonchev–Trinajstić information content (AvgIpc) is 0.668. The Labute approximate surface area is 799 Å². The number of esters is 3. The fourth-order valence-electron chi connectivity index (χ4n) is 23.5. The topological polar surface area (TPSA) is 683 Å². The Hall–Kier alpha value is -4.41. The van der Waals surface area contributed by atoms with Crippen LogP contribution in [0.15, 0.2) is 60.3 Å². The number of rotatable bonds is 32. The third-order valence-electron chi connectivity index (χ3n) is 32.5. The lowest BCUT2D eigenvalue weighted by Gasteiger charge is -2.71.